The number of carbonyl (C=O) groups is 1. The minimum Gasteiger partial charge on any atom is -0.461 e. The number of nitrogens with one attached hydrogen (secondary N) is 1. The number of fused-ring (bicyclic) bond motifs is 1. The summed E-state index contributed by atoms with van der Waals surface area (Å²) in [5.74, 6) is 0.222. The van der Waals surface area contributed by atoms with Gasteiger partial charge < -0.3 is 9.73 Å². The zero-order valence-electron chi connectivity index (χ0n) is 12.2. The lowest BCUT2D eigenvalue weighted by Crippen LogP contribution is -2.37. The van der Waals surface area contributed by atoms with Crippen molar-refractivity contribution in [3.63, 3.8) is 0 Å². The van der Waals surface area contributed by atoms with Crippen molar-refractivity contribution in [1.29, 1.82) is 0 Å². The largest absolute Gasteiger partial charge is 0.461 e. The van der Waals surface area contributed by atoms with Crippen LogP contribution in [0.3, 0.4) is 0 Å². The van der Waals surface area contributed by atoms with Crippen LogP contribution in [0.4, 0.5) is 0 Å². The summed E-state index contributed by atoms with van der Waals surface area (Å²) in [6, 6.07) is 19.3. The van der Waals surface area contributed by atoms with Gasteiger partial charge in [0.2, 0.25) is 5.91 Å². The predicted molar refractivity (Wildman–Crippen MR) is 87.7 cm³/mol. The summed E-state index contributed by atoms with van der Waals surface area (Å²) in [7, 11) is 5.99. The van der Waals surface area contributed by atoms with E-state index in [1.54, 1.807) is 0 Å². The van der Waals surface area contributed by atoms with Gasteiger partial charge >= 0.3 is 0 Å². The van der Waals surface area contributed by atoms with Crippen LogP contribution in [0.1, 0.15) is 11.3 Å². The highest BCUT2D eigenvalue weighted by molar-refractivity contribution is 6.13. The molecule has 0 spiro atoms. The zero-order valence-corrected chi connectivity index (χ0v) is 12.2. The highest BCUT2D eigenvalue weighted by Crippen LogP contribution is 2.19. The quantitative estimate of drug-likeness (QED) is 0.734. The van der Waals surface area contributed by atoms with Gasteiger partial charge in [-0.1, -0.05) is 48.5 Å². The van der Waals surface area contributed by atoms with Crippen LogP contribution in [0.25, 0.3) is 11.0 Å². The van der Waals surface area contributed by atoms with E-state index in [0.29, 0.717) is 12.8 Å². The molecule has 1 heterocycles. The summed E-state index contributed by atoms with van der Waals surface area (Å²) in [5.41, 5.74) is 1.80. The molecule has 1 aromatic heterocycles. The van der Waals surface area contributed by atoms with Crippen molar-refractivity contribution in [3.05, 3.63) is 72.0 Å². The molecule has 2 radical (unpaired) electrons. The van der Waals surface area contributed by atoms with E-state index in [0.717, 1.165) is 22.3 Å². The zero-order chi connectivity index (χ0) is 15.4. The van der Waals surface area contributed by atoms with Crippen LogP contribution in [-0.4, -0.2) is 19.7 Å². The molecule has 0 saturated heterocycles. The summed E-state index contributed by atoms with van der Waals surface area (Å²) in [5, 5.41) is 3.84. The van der Waals surface area contributed by atoms with Crippen LogP contribution < -0.4 is 5.32 Å². The van der Waals surface area contributed by atoms with E-state index in [4.69, 9.17) is 12.3 Å². The van der Waals surface area contributed by atoms with Gasteiger partial charge in [-0.2, -0.15) is 0 Å². The number of para-hydroxylation sites is 1. The standard InChI is InChI=1S/C18H16BNO2/c19-17(20-18(21)10-13-6-2-1-3-7-13)12-15-11-14-8-4-5-9-16(14)22-15/h1-9,11,17H,10,12H2,(H,20,21)/t17-/m0/s1. The van der Waals surface area contributed by atoms with Crippen molar-refractivity contribution in [3.8, 4) is 0 Å². The van der Waals surface area contributed by atoms with Crippen LogP contribution in [0.15, 0.2) is 65.1 Å². The van der Waals surface area contributed by atoms with Gasteiger partial charge in [0.1, 0.15) is 11.3 Å². The maximum absolute atomic E-state index is 12.0. The van der Waals surface area contributed by atoms with E-state index in [9.17, 15) is 4.79 Å². The van der Waals surface area contributed by atoms with Gasteiger partial charge in [0.15, 0.2) is 0 Å². The Morgan fingerprint density at radius 1 is 1.09 bits per heavy atom. The molecule has 4 heteroatoms. The van der Waals surface area contributed by atoms with E-state index in [2.05, 4.69) is 5.32 Å². The fourth-order valence-corrected chi connectivity index (χ4v) is 2.44. The first-order valence-electron chi connectivity index (χ1n) is 7.27. The van der Waals surface area contributed by atoms with Gasteiger partial charge in [-0.15, -0.1) is 0 Å². The molecule has 0 aliphatic carbocycles. The Kier molecular flexibility index (Phi) is 4.28. The first-order valence-corrected chi connectivity index (χ1v) is 7.27. The second kappa shape index (κ2) is 6.52. The Hall–Kier alpha value is -2.49. The second-order valence-corrected chi connectivity index (χ2v) is 5.29. The Labute approximate surface area is 130 Å². The van der Waals surface area contributed by atoms with Crippen molar-refractivity contribution in [2.45, 2.75) is 18.8 Å². The molecule has 2 aromatic carbocycles. The van der Waals surface area contributed by atoms with Crippen molar-refractivity contribution in [2.24, 2.45) is 0 Å². The molecule has 3 rings (SSSR count). The molecule has 1 N–H and O–H groups in total. The molecule has 0 bridgehead atoms. The molecular weight excluding hydrogens is 273 g/mol. The van der Waals surface area contributed by atoms with Gasteiger partial charge in [0, 0.05) is 11.8 Å². The van der Waals surface area contributed by atoms with Gasteiger partial charge in [-0.05, 0) is 23.6 Å². The minimum absolute atomic E-state index is 0.0881. The number of hydrogen-bond donors (Lipinski definition) is 1. The third kappa shape index (κ3) is 3.58. The first-order chi connectivity index (χ1) is 10.7. The second-order valence-electron chi connectivity index (χ2n) is 5.29. The Morgan fingerprint density at radius 2 is 1.82 bits per heavy atom. The molecule has 3 nitrogen and oxygen atoms in total. The lowest BCUT2D eigenvalue weighted by molar-refractivity contribution is -0.120. The monoisotopic (exact) mass is 289 g/mol. The van der Waals surface area contributed by atoms with Gasteiger partial charge in [0.25, 0.3) is 0 Å². The van der Waals surface area contributed by atoms with E-state index < -0.39 is 5.94 Å². The van der Waals surface area contributed by atoms with Crippen molar-refractivity contribution in [2.75, 3.05) is 0 Å². The summed E-state index contributed by atoms with van der Waals surface area (Å²) >= 11 is 0. The van der Waals surface area contributed by atoms with Crippen LogP contribution >= 0.6 is 0 Å². The third-order valence-electron chi connectivity index (χ3n) is 3.45. The smallest absolute Gasteiger partial charge is 0.223 e. The van der Waals surface area contributed by atoms with Gasteiger partial charge in [0.05, 0.1) is 14.3 Å². The summed E-state index contributed by atoms with van der Waals surface area (Å²) < 4.78 is 5.71. The van der Waals surface area contributed by atoms with Crippen molar-refractivity contribution in [1.82, 2.24) is 5.32 Å². The molecule has 108 valence electrons. The number of carbonyl (C=O) groups excluding carboxylic acids is 1. The summed E-state index contributed by atoms with van der Waals surface area (Å²) in [6.07, 6.45) is 0.796. The Bertz CT molecular complexity index is 734. The number of hydrogen-bond acceptors (Lipinski definition) is 2. The maximum Gasteiger partial charge on any atom is 0.223 e. The Morgan fingerprint density at radius 3 is 2.59 bits per heavy atom. The molecule has 1 amide bonds. The summed E-state index contributed by atoms with van der Waals surface area (Å²) in [4.78, 5) is 12.0. The van der Waals surface area contributed by atoms with Crippen molar-refractivity contribution < 1.29 is 9.21 Å². The number of benzene rings is 2. The minimum atomic E-state index is -0.461. The van der Waals surface area contributed by atoms with Crippen LogP contribution in [0.2, 0.25) is 0 Å². The molecule has 0 unspecified atom stereocenters. The van der Waals surface area contributed by atoms with E-state index in [1.165, 1.54) is 0 Å². The molecule has 0 aliphatic heterocycles. The van der Waals surface area contributed by atoms with Crippen LogP contribution in [-0.2, 0) is 17.6 Å². The van der Waals surface area contributed by atoms with Crippen molar-refractivity contribution >= 4 is 24.7 Å². The molecule has 1 atom stereocenters. The molecule has 0 saturated carbocycles. The number of rotatable bonds is 5. The van der Waals surface area contributed by atoms with Crippen LogP contribution in [0, 0.1) is 0 Å². The van der Waals surface area contributed by atoms with Gasteiger partial charge in [-0.25, -0.2) is 0 Å². The molecule has 3 aromatic rings. The SMILES string of the molecule is [B][C@H](Cc1cc2ccccc2o1)NC(=O)Cc1ccccc1. The highest BCUT2D eigenvalue weighted by atomic mass is 16.3. The van der Waals surface area contributed by atoms with E-state index in [1.807, 2.05) is 60.7 Å². The predicted octanol–water partition coefficient (Wildman–Crippen LogP) is 2.83. The molecule has 22 heavy (non-hydrogen) atoms. The molecular formula is C18H16BNO2. The maximum atomic E-state index is 12.0. The summed E-state index contributed by atoms with van der Waals surface area (Å²) in [6.45, 7) is 0. The first kappa shape index (κ1) is 14.5. The topological polar surface area (TPSA) is 42.2 Å². The number of amides is 1. The van der Waals surface area contributed by atoms with E-state index in [-0.39, 0.29) is 5.91 Å². The van der Waals surface area contributed by atoms with Crippen LogP contribution in [0.5, 0.6) is 0 Å². The lowest BCUT2D eigenvalue weighted by Gasteiger charge is -2.12. The Balaban J connectivity index is 1.57. The average molecular weight is 289 g/mol. The third-order valence-corrected chi connectivity index (χ3v) is 3.45. The average Bonchev–Trinajstić information content (AvgIpc) is 2.89. The molecule has 0 aliphatic rings. The number of furan rings is 1. The highest BCUT2D eigenvalue weighted by Gasteiger charge is 2.11. The fourth-order valence-electron chi connectivity index (χ4n) is 2.44. The molecule has 0 fully saturated rings. The lowest BCUT2D eigenvalue weighted by atomic mass is 9.91. The fraction of sp³-hybridized carbons (Fsp3) is 0.167. The van der Waals surface area contributed by atoms with E-state index >= 15 is 0 Å². The van der Waals surface area contributed by atoms with Gasteiger partial charge in [-0.3, -0.25) is 4.79 Å². The normalized spacial score (nSPS) is 12.2.